The Hall–Kier alpha value is -2.92. The van der Waals surface area contributed by atoms with E-state index in [1.807, 2.05) is 0 Å². The molecule has 2 aromatic rings. The Bertz CT molecular complexity index is 1240. The molecular formula is C20H23N3O6S2. The Morgan fingerprint density at radius 3 is 2.26 bits per heavy atom. The van der Waals surface area contributed by atoms with Crippen molar-refractivity contribution in [3.8, 4) is 0 Å². The van der Waals surface area contributed by atoms with E-state index in [0.717, 1.165) is 4.31 Å². The van der Waals surface area contributed by atoms with Gasteiger partial charge in [0.05, 0.1) is 11.3 Å². The molecule has 0 aliphatic carbocycles. The molecule has 0 aromatic heterocycles. The summed E-state index contributed by atoms with van der Waals surface area (Å²) in [5.41, 5.74) is 0.872. The quantitative estimate of drug-likeness (QED) is 0.647. The predicted molar refractivity (Wildman–Crippen MR) is 117 cm³/mol. The summed E-state index contributed by atoms with van der Waals surface area (Å²) in [6.07, 6.45) is 0.487. The Kier molecular flexibility index (Phi) is 6.10. The van der Waals surface area contributed by atoms with Crippen molar-refractivity contribution in [3.05, 3.63) is 53.6 Å². The molecule has 0 atom stereocenters. The number of hydrogen-bond acceptors (Lipinski definition) is 6. The molecule has 0 fully saturated rings. The van der Waals surface area contributed by atoms with E-state index in [-0.39, 0.29) is 21.8 Å². The number of carbonyl (C=O) groups excluding carboxylic acids is 2. The highest BCUT2D eigenvalue weighted by molar-refractivity contribution is 7.92. The van der Waals surface area contributed by atoms with Gasteiger partial charge in [-0.15, -0.1) is 0 Å². The first-order valence-electron chi connectivity index (χ1n) is 9.61. The van der Waals surface area contributed by atoms with E-state index in [4.69, 9.17) is 0 Å². The number of benzene rings is 2. The number of nitrogens with zero attached hydrogens (tertiary/aromatic N) is 1. The van der Waals surface area contributed by atoms with Gasteiger partial charge in [0.1, 0.15) is 4.90 Å². The van der Waals surface area contributed by atoms with Crippen molar-refractivity contribution in [1.29, 1.82) is 0 Å². The number of fused-ring (bicyclic) bond motifs is 1. The van der Waals surface area contributed by atoms with Crippen LogP contribution >= 0.6 is 0 Å². The molecule has 2 aromatic carbocycles. The first-order valence-corrected chi connectivity index (χ1v) is 12.7. The van der Waals surface area contributed by atoms with Crippen LogP contribution in [-0.4, -0.2) is 44.7 Å². The van der Waals surface area contributed by atoms with Crippen molar-refractivity contribution in [1.82, 2.24) is 4.31 Å². The van der Waals surface area contributed by atoms with Crippen LogP contribution in [0.15, 0.2) is 47.4 Å². The average molecular weight is 466 g/mol. The zero-order valence-corrected chi connectivity index (χ0v) is 18.9. The summed E-state index contributed by atoms with van der Waals surface area (Å²) in [5.74, 6) is -1.17. The van der Waals surface area contributed by atoms with E-state index in [1.165, 1.54) is 42.5 Å². The van der Waals surface area contributed by atoms with E-state index in [9.17, 15) is 26.4 Å². The first-order chi connectivity index (χ1) is 14.5. The van der Waals surface area contributed by atoms with E-state index in [2.05, 4.69) is 10.0 Å². The van der Waals surface area contributed by atoms with Crippen molar-refractivity contribution < 1.29 is 26.4 Å². The highest BCUT2D eigenvalue weighted by Crippen LogP contribution is 2.32. The summed E-state index contributed by atoms with van der Waals surface area (Å²) in [6.45, 7) is 4.96. The van der Waals surface area contributed by atoms with Crippen molar-refractivity contribution in [2.24, 2.45) is 0 Å². The second kappa shape index (κ2) is 8.31. The van der Waals surface area contributed by atoms with Gasteiger partial charge in [-0.1, -0.05) is 6.92 Å². The number of carbonyl (C=O) groups is 2. The summed E-state index contributed by atoms with van der Waals surface area (Å²) in [7, 11) is -7.43. The van der Waals surface area contributed by atoms with Crippen LogP contribution in [0.2, 0.25) is 0 Å². The van der Waals surface area contributed by atoms with Crippen LogP contribution in [0, 0.1) is 0 Å². The molecule has 9 nitrogen and oxygen atoms in total. The number of anilines is 2. The topological polar surface area (TPSA) is 130 Å². The first kappa shape index (κ1) is 22.8. The fourth-order valence-electron chi connectivity index (χ4n) is 3.22. The molecule has 2 amide bonds. The van der Waals surface area contributed by atoms with E-state index in [1.54, 1.807) is 20.8 Å². The molecule has 0 radical (unpaired) electrons. The van der Waals surface area contributed by atoms with Crippen molar-refractivity contribution >= 4 is 43.2 Å². The predicted octanol–water partition coefficient (Wildman–Crippen LogP) is 2.64. The molecular weight excluding hydrogens is 442 g/mol. The second-order valence-electron chi connectivity index (χ2n) is 7.36. The zero-order valence-electron chi connectivity index (χ0n) is 17.2. The summed E-state index contributed by atoms with van der Waals surface area (Å²) in [6, 6.07) is 9.43. The Morgan fingerprint density at radius 2 is 1.68 bits per heavy atom. The normalized spacial score (nSPS) is 15.1. The van der Waals surface area contributed by atoms with Crippen LogP contribution in [-0.2, 0) is 20.0 Å². The molecule has 3 rings (SSSR count). The third-order valence-corrected chi connectivity index (χ3v) is 8.06. The maximum absolute atomic E-state index is 12.7. The lowest BCUT2D eigenvalue weighted by Crippen LogP contribution is -2.36. The summed E-state index contributed by atoms with van der Waals surface area (Å²) >= 11 is 0. The number of rotatable bonds is 7. The smallest absolute Gasteiger partial charge is 0.269 e. The minimum absolute atomic E-state index is 0.00344. The fraction of sp³-hybridized carbons (Fsp3) is 0.300. The lowest BCUT2D eigenvalue weighted by molar-refractivity contribution is 0.0846. The molecule has 1 aliphatic rings. The minimum Gasteiger partial charge on any atom is -0.322 e. The third-order valence-electron chi connectivity index (χ3n) is 4.57. The summed E-state index contributed by atoms with van der Waals surface area (Å²) < 4.78 is 52.3. The highest BCUT2D eigenvalue weighted by atomic mass is 32.2. The minimum atomic E-state index is -4.01. The monoisotopic (exact) mass is 465 g/mol. The van der Waals surface area contributed by atoms with Crippen LogP contribution in [0.3, 0.4) is 0 Å². The largest absolute Gasteiger partial charge is 0.322 e. The third kappa shape index (κ3) is 4.57. The van der Waals surface area contributed by atoms with Crippen LogP contribution in [0.5, 0.6) is 0 Å². The van der Waals surface area contributed by atoms with Gasteiger partial charge in [0.15, 0.2) is 0 Å². The molecule has 166 valence electrons. The molecule has 2 N–H and O–H groups in total. The van der Waals surface area contributed by atoms with Gasteiger partial charge in [-0.3, -0.25) is 14.3 Å². The second-order valence-corrected chi connectivity index (χ2v) is 11.0. The van der Waals surface area contributed by atoms with E-state index < -0.39 is 37.9 Å². The van der Waals surface area contributed by atoms with Gasteiger partial charge in [0.25, 0.3) is 21.8 Å². The van der Waals surface area contributed by atoms with Gasteiger partial charge >= 0.3 is 0 Å². The van der Waals surface area contributed by atoms with Gasteiger partial charge in [-0.2, -0.15) is 0 Å². The van der Waals surface area contributed by atoms with Crippen LogP contribution in [0.1, 0.15) is 47.9 Å². The van der Waals surface area contributed by atoms with Crippen molar-refractivity contribution in [3.63, 3.8) is 0 Å². The number of nitrogens with one attached hydrogen (secondary N) is 2. The molecule has 1 aliphatic heterocycles. The summed E-state index contributed by atoms with van der Waals surface area (Å²) in [5, 5.41) is 2.63. The van der Waals surface area contributed by atoms with Crippen molar-refractivity contribution in [2.75, 3.05) is 15.8 Å². The summed E-state index contributed by atoms with van der Waals surface area (Å²) in [4.78, 5) is 24.8. The molecule has 0 saturated heterocycles. The molecule has 0 unspecified atom stereocenters. The number of hydrogen-bond donors (Lipinski definition) is 2. The number of amides is 2. The average Bonchev–Trinajstić information content (AvgIpc) is 2.88. The van der Waals surface area contributed by atoms with E-state index in [0.29, 0.717) is 17.8 Å². The molecule has 0 saturated carbocycles. The Balaban J connectivity index is 1.79. The molecule has 11 heteroatoms. The van der Waals surface area contributed by atoms with Gasteiger partial charge < -0.3 is 5.32 Å². The Morgan fingerprint density at radius 1 is 1.06 bits per heavy atom. The van der Waals surface area contributed by atoms with E-state index >= 15 is 0 Å². The number of sulfonamides is 2. The molecule has 31 heavy (non-hydrogen) atoms. The zero-order chi connectivity index (χ0) is 23.0. The van der Waals surface area contributed by atoms with Gasteiger partial charge in [0, 0.05) is 23.0 Å². The SMILES string of the molecule is CCCS(=O)(=O)Nc1ccc(NC(=O)c2ccc3c(c2)S(=O)(=O)N(C(C)C)C3=O)cc1. The lowest BCUT2D eigenvalue weighted by Gasteiger charge is -2.18. The standard InChI is InChI=1S/C20H23N3O6S2/c1-4-11-30(26,27)22-16-8-6-15(7-9-16)21-19(24)14-5-10-17-18(12-14)31(28,29)23(13(2)3)20(17)25/h5-10,12-13,22H,4,11H2,1-3H3,(H,21,24). The van der Waals surface area contributed by atoms with Crippen molar-refractivity contribution in [2.45, 2.75) is 38.1 Å². The fourth-order valence-corrected chi connectivity index (χ4v) is 6.15. The Labute approximate surface area is 181 Å². The van der Waals surface area contributed by atoms with Gasteiger partial charge in [-0.25, -0.2) is 21.1 Å². The maximum atomic E-state index is 12.7. The lowest BCUT2D eigenvalue weighted by atomic mass is 10.1. The maximum Gasteiger partial charge on any atom is 0.269 e. The molecule has 0 spiro atoms. The molecule has 0 bridgehead atoms. The van der Waals surface area contributed by atoms with Gasteiger partial charge in [-0.05, 0) is 62.7 Å². The highest BCUT2D eigenvalue weighted by Gasteiger charge is 2.42. The van der Waals surface area contributed by atoms with Crippen LogP contribution < -0.4 is 10.0 Å². The van der Waals surface area contributed by atoms with Crippen LogP contribution in [0.4, 0.5) is 11.4 Å². The van der Waals surface area contributed by atoms with Crippen LogP contribution in [0.25, 0.3) is 0 Å². The van der Waals surface area contributed by atoms with Gasteiger partial charge in [0.2, 0.25) is 10.0 Å². The molecule has 1 heterocycles.